The number of hydrogen-bond donors (Lipinski definition) is 1. The van der Waals surface area contributed by atoms with Gasteiger partial charge in [0.2, 0.25) is 5.91 Å². The lowest BCUT2D eigenvalue weighted by molar-refractivity contribution is -0.160. The molecule has 1 amide bonds. The summed E-state index contributed by atoms with van der Waals surface area (Å²) in [4.78, 5) is 35.1. The highest BCUT2D eigenvalue weighted by Gasteiger charge is 2.23. The van der Waals surface area contributed by atoms with Gasteiger partial charge in [-0.25, -0.2) is 0 Å². The predicted octanol–water partition coefficient (Wildman–Crippen LogP) is 5.93. The van der Waals surface area contributed by atoms with Gasteiger partial charge in [-0.3, -0.25) is 18.9 Å². The largest absolute Gasteiger partial charge is 0.462 e. The Labute approximate surface area is 218 Å². The summed E-state index contributed by atoms with van der Waals surface area (Å²) in [5.74, 6) is -0.960. The number of unbranched alkanes of at least 4 members (excludes halogenated alkanes) is 10. The topological polar surface area (TPSA) is 117 Å². The van der Waals surface area contributed by atoms with Crippen molar-refractivity contribution in [1.82, 2.24) is 5.32 Å². The van der Waals surface area contributed by atoms with E-state index in [1.807, 2.05) is 0 Å². The Hall–Kier alpha value is -1.44. The summed E-state index contributed by atoms with van der Waals surface area (Å²) in [6.45, 7) is 6.75. The molecule has 0 heterocycles. The zero-order chi connectivity index (χ0) is 27.1. The lowest BCUT2D eigenvalue weighted by atomic mass is 10.1. The first kappa shape index (κ1) is 34.6. The Morgan fingerprint density at radius 2 is 1.33 bits per heavy atom. The average molecular weight is 536 g/mol. The molecule has 1 unspecified atom stereocenters. The summed E-state index contributed by atoms with van der Waals surface area (Å²) in [5, 5.41) is 2.62. The van der Waals surface area contributed by atoms with Crippen molar-refractivity contribution in [2.45, 2.75) is 117 Å². The second-order valence-electron chi connectivity index (χ2n) is 9.04. The minimum atomic E-state index is -3.44. The molecule has 0 aromatic rings. The van der Waals surface area contributed by atoms with Gasteiger partial charge in [-0.05, 0) is 6.42 Å². The molecule has 0 aromatic carbocycles. The molecule has 0 fully saturated rings. The lowest BCUT2D eigenvalue weighted by Crippen LogP contribution is -2.29. The summed E-state index contributed by atoms with van der Waals surface area (Å²) in [7, 11) is -3.44. The summed E-state index contributed by atoms with van der Waals surface area (Å²) < 4.78 is 33.6. The van der Waals surface area contributed by atoms with Gasteiger partial charge in [0, 0.05) is 32.5 Å². The van der Waals surface area contributed by atoms with Crippen molar-refractivity contribution in [1.29, 1.82) is 0 Å². The fourth-order valence-corrected chi connectivity index (χ4v) is 4.30. The van der Waals surface area contributed by atoms with Gasteiger partial charge in [0.25, 0.3) is 0 Å². The van der Waals surface area contributed by atoms with E-state index in [9.17, 15) is 18.9 Å². The second kappa shape index (κ2) is 22.7. The van der Waals surface area contributed by atoms with E-state index < -0.39 is 25.6 Å². The van der Waals surface area contributed by atoms with Crippen molar-refractivity contribution in [2.24, 2.45) is 0 Å². The molecular formula is C26H50NO8P. The molecule has 0 rings (SSSR count). The van der Waals surface area contributed by atoms with Crippen molar-refractivity contribution < 1.29 is 37.5 Å². The fourth-order valence-electron chi connectivity index (χ4n) is 3.37. The SMILES string of the molecule is CCCCCCCCCCCCCC(=O)O[C@H](COC(=O)CC)COP(C)(=O)OCCNC(=O)CC. The summed E-state index contributed by atoms with van der Waals surface area (Å²) >= 11 is 0. The standard InChI is InChI=1S/C26H50NO8P/c1-5-8-9-10-11-12-13-14-15-16-17-18-26(30)35-23(21-32-25(29)7-3)22-34-36(4,31)33-20-19-27-24(28)6-2/h23H,5-22H2,1-4H3,(H,27,28)/t23-,36?/m1/s1. The van der Waals surface area contributed by atoms with Crippen LogP contribution in [-0.2, 0) is 37.5 Å². The van der Waals surface area contributed by atoms with E-state index in [4.69, 9.17) is 18.5 Å². The van der Waals surface area contributed by atoms with Crippen LogP contribution in [-0.4, -0.2) is 57.0 Å². The van der Waals surface area contributed by atoms with Crippen molar-refractivity contribution in [2.75, 3.05) is 33.0 Å². The molecule has 0 saturated carbocycles. The van der Waals surface area contributed by atoms with E-state index in [2.05, 4.69) is 12.2 Å². The first-order chi connectivity index (χ1) is 17.2. The molecule has 36 heavy (non-hydrogen) atoms. The predicted molar refractivity (Wildman–Crippen MR) is 141 cm³/mol. The maximum atomic E-state index is 12.5. The Kier molecular flexibility index (Phi) is 21.8. The number of esters is 2. The van der Waals surface area contributed by atoms with Gasteiger partial charge in [0.15, 0.2) is 6.10 Å². The van der Waals surface area contributed by atoms with Crippen LogP contribution < -0.4 is 5.32 Å². The summed E-state index contributed by atoms with van der Waals surface area (Å²) in [6, 6.07) is 0. The van der Waals surface area contributed by atoms with Crippen LogP contribution in [0.2, 0.25) is 0 Å². The molecule has 0 spiro atoms. The number of carbonyl (C=O) groups is 3. The Morgan fingerprint density at radius 1 is 0.750 bits per heavy atom. The normalized spacial score (nSPS) is 13.6. The third kappa shape index (κ3) is 21.8. The van der Waals surface area contributed by atoms with Crippen molar-refractivity contribution in [3.63, 3.8) is 0 Å². The van der Waals surface area contributed by atoms with Crippen molar-refractivity contribution >= 4 is 25.4 Å². The number of hydrogen-bond acceptors (Lipinski definition) is 8. The van der Waals surface area contributed by atoms with Crippen LogP contribution in [0.1, 0.15) is 111 Å². The molecule has 0 radical (unpaired) electrons. The first-order valence-electron chi connectivity index (χ1n) is 13.7. The number of rotatable bonds is 24. The Bertz CT molecular complexity index is 643. The second-order valence-corrected chi connectivity index (χ2v) is 11.1. The van der Waals surface area contributed by atoms with E-state index in [0.29, 0.717) is 6.42 Å². The zero-order valence-electron chi connectivity index (χ0n) is 23.0. The van der Waals surface area contributed by atoms with E-state index in [-0.39, 0.29) is 45.1 Å². The highest BCUT2D eigenvalue weighted by Crippen LogP contribution is 2.43. The number of nitrogens with one attached hydrogen (secondary N) is 1. The van der Waals surface area contributed by atoms with Crippen LogP contribution in [0.3, 0.4) is 0 Å². The number of ether oxygens (including phenoxy) is 2. The smallest absolute Gasteiger partial charge is 0.327 e. The first-order valence-corrected chi connectivity index (χ1v) is 15.7. The molecule has 0 aliphatic heterocycles. The van der Waals surface area contributed by atoms with Gasteiger partial charge in [-0.2, -0.15) is 0 Å². The molecule has 0 aliphatic rings. The highest BCUT2D eigenvalue weighted by atomic mass is 31.2. The van der Waals surface area contributed by atoms with Crippen molar-refractivity contribution in [3.8, 4) is 0 Å². The molecule has 10 heteroatoms. The van der Waals surface area contributed by atoms with Crippen LogP contribution >= 0.6 is 7.60 Å². The molecule has 0 bridgehead atoms. The van der Waals surface area contributed by atoms with E-state index >= 15 is 0 Å². The zero-order valence-corrected chi connectivity index (χ0v) is 23.9. The minimum Gasteiger partial charge on any atom is -0.462 e. The van der Waals surface area contributed by atoms with E-state index in [0.717, 1.165) is 19.3 Å². The number of carbonyl (C=O) groups excluding carboxylic acids is 3. The van der Waals surface area contributed by atoms with Gasteiger partial charge >= 0.3 is 19.5 Å². The maximum absolute atomic E-state index is 12.5. The third-order valence-corrected chi connectivity index (χ3v) is 6.84. The van der Waals surface area contributed by atoms with Gasteiger partial charge in [-0.15, -0.1) is 0 Å². The van der Waals surface area contributed by atoms with Gasteiger partial charge in [0.1, 0.15) is 6.61 Å². The Morgan fingerprint density at radius 3 is 1.89 bits per heavy atom. The van der Waals surface area contributed by atoms with Crippen LogP contribution in [0.25, 0.3) is 0 Å². The molecule has 212 valence electrons. The molecule has 2 atom stereocenters. The summed E-state index contributed by atoms with van der Waals surface area (Å²) in [6.07, 6.45) is 13.0. The third-order valence-electron chi connectivity index (χ3n) is 5.57. The Balaban J connectivity index is 4.25. The van der Waals surface area contributed by atoms with Crippen LogP contribution in [0, 0.1) is 0 Å². The maximum Gasteiger partial charge on any atom is 0.327 e. The van der Waals surface area contributed by atoms with Crippen LogP contribution in [0.15, 0.2) is 0 Å². The quantitative estimate of drug-likeness (QED) is 0.0917. The number of amides is 1. The van der Waals surface area contributed by atoms with Crippen LogP contribution in [0.4, 0.5) is 0 Å². The lowest BCUT2D eigenvalue weighted by Gasteiger charge is -2.21. The fraction of sp³-hybridized carbons (Fsp3) is 0.885. The molecule has 9 nitrogen and oxygen atoms in total. The van der Waals surface area contributed by atoms with Gasteiger partial charge in [0.05, 0.1) is 13.2 Å². The van der Waals surface area contributed by atoms with Crippen LogP contribution in [0.5, 0.6) is 0 Å². The average Bonchev–Trinajstić information content (AvgIpc) is 2.86. The minimum absolute atomic E-state index is 0.0215. The molecule has 0 aromatic heterocycles. The molecule has 1 N–H and O–H groups in total. The van der Waals surface area contributed by atoms with E-state index in [1.165, 1.54) is 58.0 Å². The van der Waals surface area contributed by atoms with Crippen molar-refractivity contribution in [3.05, 3.63) is 0 Å². The van der Waals surface area contributed by atoms with Gasteiger partial charge in [-0.1, -0.05) is 85.0 Å². The molecule has 0 saturated heterocycles. The highest BCUT2D eigenvalue weighted by molar-refractivity contribution is 7.52. The molecular weight excluding hydrogens is 485 g/mol. The summed E-state index contributed by atoms with van der Waals surface area (Å²) in [5.41, 5.74) is 0. The van der Waals surface area contributed by atoms with Gasteiger partial charge < -0.3 is 23.8 Å². The molecule has 0 aliphatic carbocycles. The van der Waals surface area contributed by atoms with E-state index in [1.54, 1.807) is 13.8 Å². The monoisotopic (exact) mass is 535 g/mol.